The second-order valence-electron chi connectivity index (χ2n) is 4.66. The fourth-order valence-corrected chi connectivity index (χ4v) is 2.29. The predicted octanol–water partition coefficient (Wildman–Crippen LogP) is 1.88. The molecular formula is C13H28N2O. The van der Waals surface area contributed by atoms with E-state index >= 15 is 0 Å². The summed E-state index contributed by atoms with van der Waals surface area (Å²) >= 11 is 0. The minimum Gasteiger partial charge on any atom is -0.377 e. The first-order valence-electron chi connectivity index (χ1n) is 6.85. The monoisotopic (exact) mass is 228 g/mol. The average Bonchev–Trinajstić information content (AvgIpc) is 2.70. The zero-order valence-electron chi connectivity index (χ0n) is 11.2. The number of nitrogens with one attached hydrogen (secondary N) is 1. The maximum atomic E-state index is 5.52. The van der Waals surface area contributed by atoms with E-state index in [0.717, 1.165) is 13.2 Å². The maximum Gasteiger partial charge on any atom is 0.0700 e. The van der Waals surface area contributed by atoms with Crippen LogP contribution in [0.2, 0.25) is 0 Å². The van der Waals surface area contributed by atoms with Crippen LogP contribution in [0, 0.1) is 0 Å². The molecule has 16 heavy (non-hydrogen) atoms. The van der Waals surface area contributed by atoms with Crippen LogP contribution in [0.4, 0.5) is 0 Å². The molecule has 0 amide bonds. The van der Waals surface area contributed by atoms with Gasteiger partial charge in [-0.05, 0) is 52.4 Å². The van der Waals surface area contributed by atoms with Gasteiger partial charge in [0.25, 0.3) is 0 Å². The summed E-state index contributed by atoms with van der Waals surface area (Å²) in [6, 6.07) is 0.591. The lowest BCUT2D eigenvalue weighted by Crippen LogP contribution is -2.35. The molecule has 0 bridgehead atoms. The molecule has 1 heterocycles. The smallest absolute Gasteiger partial charge is 0.0700 e. The van der Waals surface area contributed by atoms with E-state index in [0.29, 0.717) is 12.1 Å². The average molecular weight is 228 g/mol. The van der Waals surface area contributed by atoms with Crippen LogP contribution in [0.25, 0.3) is 0 Å². The summed E-state index contributed by atoms with van der Waals surface area (Å²) < 4.78 is 5.52. The van der Waals surface area contributed by atoms with E-state index in [9.17, 15) is 0 Å². The van der Waals surface area contributed by atoms with E-state index in [1.165, 1.54) is 38.9 Å². The van der Waals surface area contributed by atoms with Gasteiger partial charge in [0.2, 0.25) is 0 Å². The van der Waals surface area contributed by atoms with Crippen molar-refractivity contribution in [3.05, 3.63) is 0 Å². The van der Waals surface area contributed by atoms with Gasteiger partial charge < -0.3 is 15.0 Å². The molecule has 1 saturated heterocycles. The highest BCUT2D eigenvalue weighted by atomic mass is 16.5. The topological polar surface area (TPSA) is 24.5 Å². The Kier molecular flexibility index (Phi) is 7.01. The first kappa shape index (κ1) is 13.9. The van der Waals surface area contributed by atoms with Crippen LogP contribution in [0.3, 0.4) is 0 Å². The predicted molar refractivity (Wildman–Crippen MR) is 68.8 cm³/mol. The molecule has 1 aliphatic rings. The van der Waals surface area contributed by atoms with E-state index in [1.54, 1.807) is 0 Å². The van der Waals surface area contributed by atoms with Crippen LogP contribution in [0.5, 0.6) is 0 Å². The molecule has 3 heteroatoms. The third-order valence-electron chi connectivity index (χ3n) is 3.58. The zero-order chi connectivity index (χ0) is 11.8. The molecule has 0 aromatic carbocycles. The first-order chi connectivity index (χ1) is 7.77. The Bertz CT molecular complexity index is 171. The van der Waals surface area contributed by atoms with Gasteiger partial charge in [0.05, 0.1) is 6.10 Å². The van der Waals surface area contributed by atoms with Crippen molar-refractivity contribution in [2.45, 2.75) is 52.2 Å². The lowest BCUT2D eigenvalue weighted by atomic mass is 10.1. The molecule has 1 fully saturated rings. The van der Waals surface area contributed by atoms with E-state index in [-0.39, 0.29) is 0 Å². The molecule has 0 radical (unpaired) electrons. The Labute approximate surface area is 101 Å². The van der Waals surface area contributed by atoms with Gasteiger partial charge in [0.15, 0.2) is 0 Å². The van der Waals surface area contributed by atoms with Crippen molar-refractivity contribution in [2.75, 3.05) is 32.8 Å². The van der Waals surface area contributed by atoms with E-state index in [2.05, 4.69) is 31.0 Å². The summed E-state index contributed by atoms with van der Waals surface area (Å²) in [5, 5.41) is 3.60. The maximum absolute atomic E-state index is 5.52. The molecule has 96 valence electrons. The molecule has 0 saturated carbocycles. The van der Waals surface area contributed by atoms with Crippen molar-refractivity contribution in [2.24, 2.45) is 0 Å². The normalized spacial score (nSPS) is 25.5. The Hall–Kier alpha value is -0.120. The summed E-state index contributed by atoms with van der Waals surface area (Å²) in [5.74, 6) is 0. The molecule has 3 nitrogen and oxygen atoms in total. The third-order valence-corrected chi connectivity index (χ3v) is 3.58. The Balaban J connectivity index is 1.95. The lowest BCUT2D eigenvalue weighted by molar-refractivity contribution is 0.113. The second kappa shape index (κ2) is 8.04. The fraction of sp³-hybridized carbons (Fsp3) is 1.00. The van der Waals surface area contributed by atoms with Crippen molar-refractivity contribution in [1.82, 2.24) is 10.2 Å². The van der Waals surface area contributed by atoms with Crippen molar-refractivity contribution in [3.63, 3.8) is 0 Å². The molecule has 0 spiro atoms. The van der Waals surface area contributed by atoms with Crippen molar-refractivity contribution in [3.8, 4) is 0 Å². The van der Waals surface area contributed by atoms with Gasteiger partial charge in [0, 0.05) is 12.6 Å². The van der Waals surface area contributed by atoms with Crippen molar-refractivity contribution < 1.29 is 4.74 Å². The minimum atomic E-state index is 0.405. The van der Waals surface area contributed by atoms with Gasteiger partial charge in [0.1, 0.15) is 0 Å². The van der Waals surface area contributed by atoms with Crippen LogP contribution in [0.1, 0.15) is 40.0 Å². The number of nitrogens with zero attached hydrogens (tertiary/aromatic N) is 1. The van der Waals surface area contributed by atoms with Crippen LogP contribution >= 0.6 is 0 Å². The van der Waals surface area contributed by atoms with Crippen LogP contribution < -0.4 is 5.32 Å². The molecule has 2 unspecified atom stereocenters. The Morgan fingerprint density at radius 1 is 1.25 bits per heavy atom. The Morgan fingerprint density at radius 3 is 2.56 bits per heavy atom. The summed E-state index contributed by atoms with van der Waals surface area (Å²) in [6.45, 7) is 12.3. The highest BCUT2D eigenvalue weighted by Crippen LogP contribution is 2.12. The van der Waals surface area contributed by atoms with Crippen molar-refractivity contribution in [1.29, 1.82) is 0 Å². The molecular weight excluding hydrogens is 200 g/mol. The largest absolute Gasteiger partial charge is 0.377 e. The fourth-order valence-electron chi connectivity index (χ4n) is 2.29. The van der Waals surface area contributed by atoms with Crippen LogP contribution in [0.15, 0.2) is 0 Å². The van der Waals surface area contributed by atoms with E-state index in [1.807, 2.05) is 0 Å². The van der Waals surface area contributed by atoms with Gasteiger partial charge in [-0.3, -0.25) is 0 Å². The van der Waals surface area contributed by atoms with Gasteiger partial charge in [-0.15, -0.1) is 0 Å². The highest BCUT2D eigenvalue weighted by Gasteiger charge is 2.22. The lowest BCUT2D eigenvalue weighted by Gasteiger charge is -2.19. The van der Waals surface area contributed by atoms with Gasteiger partial charge in [-0.25, -0.2) is 0 Å². The molecule has 0 aromatic heterocycles. The van der Waals surface area contributed by atoms with E-state index in [4.69, 9.17) is 4.74 Å². The molecule has 1 rings (SSSR count). The second-order valence-corrected chi connectivity index (χ2v) is 4.66. The number of hydrogen-bond acceptors (Lipinski definition) is 3. The van der Waals surface area contributed by atoms with Gasteiger partial charge in [-0.2, -0.15) is 0 Å². The Morgan fingerprint density at radius 2 is 2.00 bits per heavy atom. The first-order valence-corrected chi connectivity index (χ1v) is 6.85. The van der Waals surface area contributed by atoms with Gasteiger partial charge >= 0.3 is 0 Å². The number of unbranched alkanes of at least 4 members (excludes halogenated alkanes) is 1. The standard InChI is InChI=1S/C13H28N2O/c1-4-15(5-2)10-7-6-9-14-13-8-11-16-12(13)3/h12-14H,4-11H2,1-3H3. The van der Waals surface area contributed by atoms with E-state index < -0.39 is 0 Å². The molecule has 1 N–H and O–H groups in total. The highest BCUT2D eigenvalue weighted by molar-refractivity contribution is 4.78. The number of rotatable bonds is 8. The van der Waals surface area contributed by atoms with Crippen LogP contribution in [-0.2, 0) is 4.74 Å². The van der Waals surface area contributed by atoms with Crippen molar-refractivity contribution >= 4 is 0 Å². The van der Waals surface area contributed by atoms with Crippen LogP contribution in [-0.4, -0.2) is 49.8 Å². The third kappa shape index (κ3) is 4.81. The van der Waals surface area contributed by atoms with Gasteiger partial charge in [-0.1, -0.05) is 13.8 Å². The molecule has 0 aliphatic carbocycles. The molecule has 0 aromatic rings. The summed E-state index contributed by atoms with van der Waals surface area (Å²) in [6.07, 6.45) is 4.16. The zero-order valence-corrected chi connectivity index (χ0v) is 11.2. The number of hydrogen-bond donors (Lipinski definition) is 1. The summed E-state index contributed by atoms with van der Waals surface area (Å²) in [7, 11) is 0. The number of ether oxygens (including phenoxy) is 1. The SMILES string of the molecule is CCN(CC)CCCCNC1CCOC1C. The quantitative estimate of drug-likeness (QED) is 0.642. The molecule has 2 atom stereocenters. The summed E-state index contributed by atoms with van der Waals surface area (Å²) in [4.78, 5) is 2.49. The summed E-state index contributed by atoms with van der Waals surface area (Å²) in [5.41, 5.74) is 0. The minimum absolute atomic E-state index is 0.405. The molecule has 1 aliphatic heterocycles.